The van der Waals surface area contributed by atoms with Gasteiger partial charge in [-0.2, -0.15) is 0 Å². The van der Waals surface area contributed by atoms with Crippen LogP contribution < -0.4 is 9.64 Å². The Bertz CT molecular complexity index is 1940. The van der Waals surface area contributed by atoms with E-state index in [-0.39, 0.29) is 27.9 Å². The van der Waals surface area contributed by atoms with Gasteiger partial charge in [0.05, 0.1) is 24.4 Å². The van der Waals surface area contributed by atoms with Crippen LogP contribution in [0.3, 0.4) is 0 Å². The standard InChI is InChI=1S/C30H24ClN5O5S2/c1-15-5-4-12-35-16(2)23(32-27(15)35)25(38)22-24(18-8-11-20(37)21(13-18)41-3)36(28(40)26(22)39)29-33-34-30(43-29)42-14-17-6-9-19(31)10-7-17/h4-13,24,37-38H,14H2,1-3H3. The zero-order chi connectivity index (χ0) is 30.4. The molecule has 218 valence electrons. The molecule has 1 fully saturated rings. The van der Waals surface area contributed by atoms with Crippen molar-refractivity contribution in [1.29, 1.82) is 0 Å². The molecule has 1 aliphatic heterocycles. The number of aromatic hydroxyl groups is 1. The summed E-state index contributed by atoms with van der Waals surface area (Å²) in [4.78, 5) is 33.1. The van der Waals surface area contributed by atoms with E-state index in [1.165, 1.54) is 35.9 Å². The summed E-state index contributed by atoms with van der Waals surface area (Å²) in [5.74, 6) is -1.57. The average molecular weight is 634 g/mol. The van der Waals surface area contributed by atoms with E-state index in [9.17, 15) is 19.8 Å². The molecule has 0 saturated carbocycles. The average Bonchev–Trinajstić information content (AvgIpc) is 3.68. The number of phenolic OH excluding ortho intramolecular Hbond substituents is 1. The maximum atomic E-state index is 13.7. The zero-order valence-electron chi connectivity index (χ0n) is 23.1. The summed E-state index contributed by atoms with van der Waals surface area (Å²) < 4.78 is 7.71. The zero-order valence-corrected chi connectivity index (χ0v) is 25.5. The number of methoxy groups -OCH3 is 1. The lowest BCUT2D eigenvalue weighted by Gasteiger charge is -2.23. The van der Waals surface area contributed by atoms with Crippen LogP contribution >= 0.6 is 34.7 Å². The number of ether oxygens (including phenoxy) is 1. The molecule has 13 heteroatoms. The number of Topliss-reactive ketones (excluding diaryl/α,β-unsaturated/α-hetero) is 1. The summed E-state index contributed by atoms with van der Waals surface area (Å²) in [6.45, 7) is 3.67. The Morgan fingerprint density at radius 3 is 2.60 bits per heavy atom. The van der Waals surface area contributed by atoms with E-state index in [1.807, 2.05) is 41.8 Å². The van der Waals surface area contributed by atoms with Gasteiger partial charge < -0.3 is 19.4 Å². The number of carbonyl (C=O) groups excluding carboxylic acids is 2. The normalized spacial score (nSPS) is 16.4. The summed E-state index contributed by atoms with van der Waals surface area (Å²) in [6.07, 6.45) is 1.81. The number of ketones is 1. The van der Waals surface area contributed by atoms with Crippen molar-refractivity contribution < 1.29 is 24.5 Å². The van der Waals surface area contributed by atoms with Crippen LogP contribution in [0.25, 0.3) is 11.4 Å². The van der Waals surface area contributed by atoms with E-state index in [4.69, 9.17) is 16.3 Å². The van der Waals surface area contributed by atoms with Gasteiger partial charge in [-0.05, 0) is 60.9 Å². The molecule has 2 aromatic carbocycles. The van der Waals surface area contributed by atoms with Crippen LogP contribution in [0.4, 0.5) is 5.13 Å². The lowest BCUT2D eigenvalue weighted by Crippen LogP contribution is -2.29. The fraction of sp³-hybridized carbons (Fsp3) is 0.167. The van der Waals surface area contributed by atoms with Crippen LogP contribution in [0.2, 0.25) is 5.02 Å². The Hall–Kier alpha value is -4.39. The number of phenols is 1. The molecule has 6 rings (SSSR count). The number of aryl methyl sites for hydroxylation is 2. The second-order valence-electron chi connectivity index (χ2n) is 9.80. The topological polar surface area (TPSA) is 130 Å². The third-order valence-corrected chi connectivity index (χ3v) is 9.53. The van der Waals surface area contributed by atoms with E-state index < -0.39 is 23.5 Å². The Morgan fingerprint density at radius 1 is 1.12 bits per heavy atom. The number of rotatable bonds is 7. The third kappa shape index (κ3) is 5.11. The van der Waals surface area contributed by atoms with Gasteiger partial charge >= 0.3 is 5.91 Å². The van der Waals surface area contributed by atoms with E-state index >= 15 is 0 Å². The minimum Gasteiger partial charge on any atom is -0.505 e. The van der Waals surface area contributed by atoms with Gasteiger partial charge in [0.15, 0.2) is 21.6 Å². The molecular weight excluding hydrogens is 610 g/mol. The number of aromatic nitrogens is 4. The fourth-order valence-corrected chi connectivity index (χ4v) is 6.92. The summed E-state index contributed by atoms with van der Waals surface area (Å²) >= 11 is 8.57. The number of aliphatic hydroxyl groups excluding tert-OH is 1. The second-order valence-corrected chi connectivity index (χ2v) is 12.4. The Kier molecular flexibility index (Phi) is 7.59. The first-order valence-corrected chi connectivity index (χ1v) is 15.2. The fourth-order valence-electron chi connectivity index (χ4n) is 4.97. The smallest absolute Gasteiger partial charge is 0.301 e. The number of carbonyl (C=O) groups is 2. The number of nitrogens with zero attached hydrogens (tertiary/aromatic N) is 5. The molecule has 3 aromatic heterocycles. The molecule has 1 aliphatic rings. The summed E-state index contributed by atoms with van der Waals surface area (Å²) in [7, 11) is 1.40. The minimum atomic E-state index is -1.10. The Morgan fingerprint density at radius 2 is 1.88 bits per heavy atom. The highest BCUT2D eigenvalue weighted by atomic mass is 35.5. The van der Waals surface area contributed by atoms with Crippen molar-refractivity contribution in [1.82, 2.24) is 19.6 Å². The van der Waals surface area contributed by atoms with Gasteiger partial charge in [0.2, 0.25) is 5.13 Å². The van der Waals surface area contributed by atoms with Crippen LogP contribution in [-0.2, 0) is 15.3 Å². The molecule has 43 heavy (non-hydrogen) atoms. The molecule has 1 saturated heterocycles. The van der Waals surface area contributed by atoms with Gasteiger partial charge in [0.1, 0.15) is 11.3 Å². The Balaban J connectivity index is 1.46. The van der Waals surface area contributed by atoms with Crippen molar-refractivity contribution in [3.63, 3.8) is 0 Å². The molecule has 1 unspecified atom stereocenters. The maximum absolute atomic E-state index is 13.7. The number of amides is 1. The molecule has 0 bridgehead atoms. The van der Waals surface area contributed by atoms with Crippen molar-refractivity contribution in [2.75, 3.05) is 12.0 Å². The number of anilines is 1. The predicted molar refractivity (Wildman–Crippen MR) is 165 cm³/mol. The van der Waals surface area contributed by atoms with Crippen LogP contribution in [-0.4, -0.2) is 48.6 Å². The maximum Gasteiger partial charge on any atom is 0.301 e. The monoisotopic (exact) mass is 633 g/mol. The number of pyridine rings is 1. The van der Waals surface area contributed by atoms with Gasteiger partial charge in [0.25, 0.3) is 5.78 Å². The highest BCUT2D eigenvalue weighted by Gasteiger charge is 2.49. The van der Waals surface area contributed by atoms with E-state index in [2.05, 4.69) is 15.2 Å². The number of aliphatic hydroxyl groups is 1. The van der Waals surface area contributed by atoms with Crippen molar-refractivity contribution in [2.24, 2.45) is 0 Å². The summed E-state index contributed by atoms with van der Waals surface area (Å²) in [6, 6.07) is 14.6. The molecule has 5 aromatic rings. The number of thioether (sulfide) groups is 1. The highest BCUT2D eigenvalue weighted by molar-refractivity contribution is 8.00. The molecule has 0 aliphatic carbocycles. The number of halogens is 1. The van der Waals surface area contributed by atoms with Gasteiger partial charge in [-0.1, -0.05) is 59.0 Å². The number of imidazole rings is 1. The molecule has 2 N–H and O–H groups in total. The Labute approximate surface area is 259 Å². The second kappa shape index (κ2) is 11.4. The van der Waals surface area contributed by atoms with Crippen LogP contribution in [0.5, 0.6) is 11.5 Å². The van der Waals surface area contributed by atoms with Crippen molar-refractivity contribution >= 4 is 62.9 Å². The largest absolute Gasteiger partial charge is 0.505 e. The molecule has 0 radical (unpaired) electrons. The third-order valence-electron chi connectivity index (χ3n) is 7.15. The van der Waals surface area contributed by atoms with Gasteiger partial charge in [-0.25, -0.2) is 4.98 Å². The molecule has 10 nitrogen and oxygen atoms in total. The first kappa shape index (κ1) is 28.7. The van der Waals surface area contributed by atoms with E-state index in [0.29, 0.717) is 32.0 Å². The highest BCUT2D eigenvalue weighted by Crippen LogP contribution is 2.45. The number of hydrogen-bond donors (Lipinski definition) is 2. The molecule has 1 amide bonds. The van der Waals surface area contributed by atoms with Crippen LogP contribution in [0.15, 0.2) is 70.7 Å². The van der Waals surface area contributed by atoms with Crippen LogP contribution in [0.1, 0.15) is 34.1 Å². The number of fused-ring (bicyclic) bond motifs is 1. The molecule has 1 atom stereocenters. The van der Waals surface area contributed by atoms with Gasteiger partial charge in [-0.3, -0.25) is 14.5 Å². The summed E-state index contributed by atoms with van der Waals surface area (Å²) in [5.41, 5.74) is 3.56. The molecule has 0 spiro atoms. The molecule has 4 heterocycles. The first-order chi connectivity index (χ1) is 20.7. The minimum absolute atomic E-state index is 0.119. The SMILES string of the molecule is COc1cc(C2C(=C(O)c3nc4c(C)cccn4c3C)C(=O)C(=O)N2c2nnc(SCc3ccc(Cl)cc3)s2)ccc1O. The quantitative estimate of drug-likeness (QED) is 0.0719. The number of benzene rings is 2. The predicted octanol–water partition coefficient (Wildman–Crippen LogP) is 6.09. The van der Waals surface area contributed by atoms with Gasteiger partial charge in [0, 0.05) is 17.0 Å². The van der Waals surface area contributed by atoms with Crippen molar-refractivity contribution in [2.45, 2.75) is 30.0 Å². The lowest BCUT2D eigenvalue weighted by atomic mass is 9.96. The number of hydrogen-bond acceptors (Lipinski definition) is 10. The van der Waals surface area contributed by atoms with E-state index in [0.717, 1.165) is 22.5 Å². The molecular formula is C30H24ClN5O5S2. The lowest BCUT2D eigenvalue weighted by molar-refractivity contribution is -0.132. The van der Waals surface area contributed by atoms with Crippen molar-refractivity contribution in [3.8, 4) is 11.5 Å². The van der Waals surface area contributed by atoms with Gasteiger partial charge in [-0.15, -0.1) is 10.2 Å². The first-order valence-electron chi connectivity index (χ1n) is 13.0. The summed E-state index contributed by atoms with van der Waals surface area (Å²) in [5, 5.41) is 31.2. The van der Waals surface area contributed by atoms with E-state index in [1.54, 1.807) is 25.1 Å². The van der Waals surface area contributed by atoms with Crippen LogP contribution in [0, 0.1) is 13.8 Å². The van der Waals surface area contributed by atoms with Crippen molar-refractivity contribution in [3.05, 3.63) is 99.5 Å².